The van der Waals surface area contributed by atoms with Crippen LogP contribution in [0.1, 0.15) is 37.6 Å². The van der Waals surface area contributed by atoms with E-state index < -0.39 is 29.7 Å². The fraction of sp³-hybridized carbons (Fsp3) is 0.333. The van der Waals surface area contributed by atoms with Crippen molar-refractivity contribution in [1.82, 2.24) is 25.9 Å². The number of amides is 3. The Kier molecular flexibility index (Phi) is 9.21. The minimum absolute atomic E-state index is 0.148. The number of hydrogen-bond acceptors (Lipinski definition) is 5. The molecule has 9 heteroatoms. The Bertz CT molecular complexity index is 1110. The highest BCUT2D eigenvalue weighted by atomic mass is 16.6. The SMILES string of the molecule is CC(C)(C)OC(=O)NC(Cc1cnc[nH]1)C(=O)NC(Cc1ccccc1)C(=O)NCc1ccccc1. The molecule has 2 atom stereocenters. The minimum atomic E-state index is -0.986. The van der Waals surface area contributed by atoms with Crippen molar-refractivity contribution in [2.75, 3.05) is 0 Å². The molecule has 0 aliphatic rings. The van der Waals surface area contributed by atoms with Crippen molar-refractivity contribution in [1.29, 1.82) is 0 Å². The lowest BCUT2D eigenvalue weighted by atomic mass is 10.0. The molecule has 9 nitrogen and oxygen atoms in total. The number of aromatic nitrogens is 2. The minimum Gasteiger partial charge on any atom is -0.444 e. The number of imidazole rings is 1. The summed E-state index contributed by atoms with van der Waals surface area (Å²) in [5, 5.41) is 8.35. The molecule has 4 N–H and O–H groups in total. The van der Waals surface area contributed by atoms with Gasteiger partial charge < -0.3 is 25.7 Å². The van der Waals surface area contributed by atoms with E-state index in [-0.39, 0.29) is 18.7 Å². The van der Waals surface area contributed by atoms with Crippen molar-refractivity contribution in [2.45, 2.75) is 57.8 Å². The highest BCUT2D eigenvalue weighted by Crippen LogP contribution is 2.09. The van der Waals surface area contributed by atoms with Gasteiger partial charge in [0.05, 0.1) is 6.33 Å². The van der Waals surface area contributed by atoms with Crippen LogP contribution in [-0.2, 0) is 33.7 Å². The van der Waals surface area contributed by atoms with Gasteiger partial charge in [-0.15, -0.1) is 0 Å². The fourth-order valence-electron chi connectivity index (χ4n) is 3.51. The van der Waals surface area contributed by atoms with Gasteiger partial charge >= 0.3 is 6.09 Å². The molecule has 0 aliphatic heterocycles. The third-order valence-corrected chi connectivity index (χ3v) is 5.21. The monoisotopic (exact) mass is 491 g/mol. The van der Waals surface area contributed by atoms with E-state index in [0.29, 0.717) is 12.2 Å². The molecule has 190 valence electrons. The van der Waals surface area contributed by atoms with Crippen LogP contribution in [0.15, 0.2) is 73.2 Å². The molecule has 2 aromatic carbocycles. The Labute approximate surface area is 211 Å². The quantitative estimate of drug-likeness (QED) is 0.347. The summed E-state index contributed by atoms with van der Waals surface area (Å²) in [5.74, 6) is -0.833. The summed E-state index contributed by atoms with van der Waals surface area (Å²) in [6, 6.07) is 17.1. The molecule has 3 aromatic rings. The maximum Gasteiger partial charge on any atom is 0.408 e. The third kappa shape index (κ3) is 8.90. The van der Waals surface area contributed by atoms with E-state index in [1.165, 1.54) is 6.33 Å². The van der Waals surface area contributed by atoms with Crippen LogP contribution in [0.5, 0.6) is 0 Å². The molecule has 0 saturated heterocycles. The summed E-state index contributed by atoms with van der Waals surface area (Å²) >= 11 is 0. The average Bonchev–Trinajstić information content (AvgIpc) is 3.35. The molecule has 2 unspecified atom stereocenters. The number of nitrogens with one attached hydrogen (secondary N) is 4. The standard InChI is InChI=1S/C27H33N5O4/c1-27(2,3)36-26(35)32-23(15-21-17-28-18-30-21)25(34)31-22(14-19-10-6-4-7-11-19)24(33)29-16-20-12-8-5-9-13-20/h4-13,17-18,22-23H,14-16H2,1-3H3,(H,28,30)(H,29,33)(H,31,34)(H,32,35). The first-order valence-corrected chi connectivity index (χ1v) is 11.8. The molecular formula is C27H33N5O4. The van der Waals surface area contributed by atoms with Gasteiger partial charge in [0.1, 0.15) is 17.7 Å². The smallest absolute Gasteiger partial charge is 0.408 e. The van der Waals surface area contributed by atoms with Gasteiger partial charge in [0.15, 0.2) is 0 Å². The zero-order valence-electron chi connectivity index (χ0n) is 20.8. The second-order valence-electron chi connectivity index (χ2n) is 9.43. The van der Waals surface area contributed by atoms with Crippen LogP contribution in [0.4, 0.5) is 4.79 Å². The van der Waals surface area contributed by atoms with E-state index in [1.54, 1.807) is 27.0 Å². The lowest BCUT2D eigenvalue weighted by Crippen LogP contribution is -2.55. The first-order valence-electron chi connectivity index (χ1n) is 11.8. The number of benzene rings is 2. The average molecular weight is 492 g/mol. The molecular weight excluding hydrogens is 458 g/mol. The largest absolute Gasteiger partial charge is 0.444 e. The lowest BCUT2D eigenvalue weighted by molar-refractivity contribution is -0.130. The van der Waals surface area contributed by atoms with Gasteiger partial charge in [-0.1, -0.05) is 60.7 Å². The highest BCUT2D eigenvalue weighted by molar-refractivity contribution is 5.91. The summed E-state index contributed by atoms with van der Waals surface area (Å²) in [4.78, 5) is 45.9. The van der Waals surface area contributed by atoms with Gasteiger partial charge in [-0.3, -0.25) is 9.59 Å². The number of carbonyl (C=O) groups is 3. The highest BCUT2D eigenvalue weighted by Gasteiger charge is 2.29. The van der Waals surface area contributed by atoms with E-state index >= 15 is 0 Å². The zero-order valence-corrected chi connectivity index (χ0v) is 20.8. The molecule has 0 bridgehead atoms. The number of rotatable bonds is 10. The van der Waals surface area contributed by atoms with E-state index in [4.69, 9.17) is 4.74 Å². The van der Waals surface area contributed by atoms with E-state index in [0.717, 1.165) is 11.1 Å². The van der Waals surface area contributed by atoms with Gasteiger partial charge in [-0.25, -0.2) is 9.78 Å². The van der Waals surface area contributed by atoms with Crippen molar-refractivity contribution >= 4 is 17.9 Å². The van der Waals surface area contributed by atoms with Crippen LogP contribution in [-0.4, -0.2) is 45.6 Å². The summed E-state index contributed by atoms with van der Waals surface area (Å²) in [6.07, 6.45) is 2.78. The molecule has 0 radical (unpaired) electrons. The number of nitrogens with zero attached hydrogens (tertiary/aromatic N) is 1. The van der Waals surface area contributed by atoms with Gasteiger partial charge in [0.2, 0.25) is 11.8 Å². The van der Waals surface area contributed by atoms with Crippen molar-refractivity contribution in [3.8, 4) is 0 Å². The third-order valence-electron chi connectivity index (χ3n) is 5.21. The first kappa shape index (κ1) is 26.5. The predicted molar refractivity (Wildman–Crippen MR) is 136 cm³/mol. The maximum absolute atomic E-state index is 13.4. The Morgan fingerprint density at radius 3 is 2.06 bits per heavy atom. The van der Waals surface area contributed by atoms with E-state index in [1.807, 2.05) is 60.7 Å². The Morgan fingerprint density at radius 2 is 1.47 bits per heavy atom. The number of hydrogen-bond donors (Lipinski definition) is 4. The second-order valence-corrected chi connectivity index (χ2v) is 9.43. The van der Waals surface area contributed by atoms with Crippen LogP contribution in [0, 0.1) is 0 Å². The molecule has 1 heterocycles. The van der Waals surface area contributed by atoms with Crippen molar-refractivity contribution < 1.29 is 19.1 Å². The summed E-state index contributed by atoms with van der Waals surface area (Å²) in [7, 11) is 0. The van der Waals surface area contributed by atoms with E-state index in [9.17, 15) is 14.4 Å². The Morgan fingerprint density at radius 1 is 0.861 bits per heavy atom. The molecule has 0 aliphatic carbocycles. The topological polar surface area (TPSA) is 125 Å². The predicted octanol–water partition coefficient (Wildman–Crippen LogP) is 2.89. The number of ether oxygens (including phenoxy) is 1. The van der Waals surface area contributed by atoms with Gasteiger partial charge in [0, 0.05) is 31.3 Å². The van der Waals surface area contributed by atoms with Crippen LogP contribution < -0.4 is 16.0 Å². The van der Waals surface area contributed by atoms with Gasteiger partial charge in [-0.05, 0) is 31.9 Å². The Hall–Kier alpha value is -4.14. The first-order chi connectivity index (χ1) is 17.2. The van der Waals surface area contributed by atoms with E-state index in [2.05, 4.69) is 25.9 Å². The van der Waals surface area contributed by atoms with Crippen LogP contribution >= 0.6 is 0 Å². The van der Waals surface area contributed by atoms with Crippen LogP contribution in [0.2, 0.25) is 0 Å². The summed E-state index contributed by atoms with van der Waals surface area (Å²) < 4.78 is 5.34. The number of aromatic amines is 1. The lowest BCUT2D eigenvalue weighted by Gasteiger charge is -2.25. The Balaban J connectivity index is 1.75. The summed E-state index contributed by atoms with van der Waals surface area (Å²) in [6.45, 7) is 5.55. The summed E-state index contributed by atoms with van der Waals surface area (Å²) in [5.41, 5.74) is 1.76. The molecule has 0 fully saturated rings. The molecule has 3 amide bonds. The van der Waals surface area contributed by atoms with Gasteiger partial charge in [-0.2, -0.15) is 0 Å². The van der Waals surface area contributed by atoms with Crippen molar-refractivity contribution in [3.63, 3.8) is 0 Å². The second kappa shape index (κ2) is 12.5. The molecule has 1 aromatic heterocycles. The normalized spacial score (nSPS) is 12.8. The molecule has 3 rings (SSSR count). The number of alkyl carbamates (subject to hydrolysis) is 1. The number of carbonyl (C=O) groups excluding carboxylic acids is 3. The molecule has 0 saturated carbocycles. The maximum atomic E-state index is 13.4. The van der Waals surface area contributed by atoms with Crippen molar-refractivity contribution in [2.24, 2.45) is 0 Å². The number of H-pyrrole nitrogens is 1. The zero-order chi connectivity index (χ0) is 26.0. The molecule has 0 spiro atoms. The fourth-order valence-corrected chi connectivity index (χ4v) is 3.51. The van der Waals surface area contributed by atoms with Crippen LogP contribution in [0.25, 0.3) is 0 Å². The van der Waals surface area contributed by atoms with Crippen molar-refractivity contribution in [3.05, 3.63) is 90.0 Å². The molecule has 36 heavy (non-hydrogen) atoms. The van der Waals surface area contributed by atoms with Gasteiger partial charge in [0.25, 0.3) is 0 Å². The van der Waals surface area contributed by atoms with Crippen LogP contribution in [0.3, 0.4) is 0 Å².